The number of carbonyl (C=O) groups is 1. The van der Waals surface area contributed by atoms with Crippen LogP contribution in [0.15, 0.2) is 12.3 Å². The minimum absolute atomic E-state index is 0.0436. The normalized spacial score (nSPS) is 21.1. The van der Waals surface area contributed by atoms with Gasteiger partial charge >= 0.3 is 7.12 Å². The van der Waals surface area contributed by atoms with Crippen molar-refractivity contribution >= 4 is 24.3 Å². The van der Waals surface area contributed by atoms with E-state index in [4.69, 9.17) is 19.0 Å². The van der Waals surface area contributed by atoms with Gasteiger partial charge in [0, 0.05) is 31.3 Å². The molecular weight excluding hydrogens is 405 g/mol. The lowest BCUT2D eigenvalue weighted by molar-refractivity contribution is -0.130. The summed E-state index contributed by atoms with van der Waals surface area (Å²) in [4.78, 5) is 19.1. The second-order valence-electron chi connectivity index (χ2n) is 11.1. The van der Waals surface area contributed by atoms with Crippen LogP contribution in [0.5, 0.6) is 0 Å². The van der Waals surface area contributed by atoms with Crippen LogP contribution >= 0.6 is 0 Å². The number of rotatable bonds is 6. The summed E-state index contributed by atoms with van der Waals surface area (Å²) in [7, 11) is -0.391. The summed E-state index contributed by atoms with van der Waals surface area (Å²) in [6.45, 7) is 18.9. The Hall–Kier alpha value is -1.64. The van der Waals surface area contributed by atoms with Gasteiger partial charge in [-0.25, -0.2) is 4.98 Å². The number of ether oxygens (including phenoxy) is 1. The van der Waals surface area contributed by atoms with Crippen molar-refractivity contribution < 1.29 is 18.8 Å². The summed E-state index contributed by atoms with van der Waals surface area (Å²) in [6, 6.07) is 2.13. The maximum Gasteiger partial charge on any atom is 0.496 e. The Bertz CT molecular complexity index is 798. The van der Waals surface area contributed by atoms with Crippen molar-refractivity contribution in [2.24, 2.45) is 5.92 Å². The zero-order valence-electron chi connectivity index (χ0n) is 21.1. The van der Waals surface area contributed by atoms with E-state index in [2.05, 4.69) is 50.9 Å². The molecule has 32 heavy (non-hydrogen) atoms. The van der Waals surface area contributed by atoms with E-state index in [1.807, 2.05) is 27.0 Å². The van der Waals surface area contributed by atoms with E-state index >= 15 is 0 Å². The van der Waals surface area contributed by atoms with Gasteiger partial charge in [0.05, 0.1) is 16.8 Å². The molecule has 0 spiro atoms. The minimum Gasteiger partial charge on any atom is -0.399 e. The first-order valence-corrected chi connectivity index (χ1v) is 11.8. The summed E-state index contributed by atoms with van der Waals surface area (Å²) >= 11 is 0. The van der Waals surface area contributed by atoms with Gasteiger partial charge in [-0.1, -0.05) is 0 Å². The van der Waals surface area contributed by atoms with Crippen LogP contribution in [0.2, 0.25) is 0 Å². The zero-order valence-corrected chi connectivity index (χ0v) is 21.1. The first-order valence-electron chi connectivity index (χ1n) is 11.8. The van der Waals surface area contributed by atoms with Crippen LogP contribution < -0.4 is 15.7 Å². The number of piperidine rings is 1. The predicted octanol–water partition coefficient (Wildman–Crippen LogP) is 2.84. The third kappa shape index (κ3) is 6.03. The van der Waals surface area contributed by atoms with Crippen LogP contribution in [0.25, 0.3) is 0 Å². The Morgan fingerprint density at radius 1 is 1.22 bits per heavy atom. The van der Waals surface area contributed by atoms with Crippen LogP contribution in [0.4, 0.5) is 5.82 Å². The summed E-state index contributed by atoms with van der Waals surface area (Å²) in [6.07, 6.45) is 3.95. The molecule has 0 radical (unpaired) electrons. The second kappa shape index (κ2) is 9.31. The van der Waals surface area contributed by atoms with Crippen molar-refractivity contribution in [3.05, 3.63) is 17.8 Å². The van der Waals surface area contributed by atoms with Crippen LogP contribution in [0, 0.1) is 12.8 Å². The summed E-state index contributed by atoms with van der Waals surface area (Å²) < 4.78 is 17.9. The van der Waals surface area contributed by atoms with Gasteiger partial charge in [-0.15, -0.1) is 0 Å². The third-order valence-corrected chi connectivity index (χ3v) is 6.81. The fraction of sp³-hybridized carbons (Fsp3) is 0.750. The second-order valence-corrected chi connectivity index (χ2v) is 11.1. The minimum atomic E-state index is -0.391. The Labute approximate surface area is 193 Å². The van der Waals surface area contributed by atoms with Crippen LogP contribution in [-0.2, 0) is 18.8 Å². The van der Waals surface area contributed by atoms with Crippen LogP contribution in [-0.4, -0.2) is 61.1 Å². The molecule has 0 saturated carbocycles. The molecule has 0 atom stereocenters. The average Bonchev–Trinajstić information content (AvgIpc) is 2.91. The number of anilines is 1. The average molecular weight is 445 g/mol. The number of nitrogens with one attached hydrogen (secondary N) is 1. The molecule has 178 valence electrons. The molecule has 0 bridgehead atoms. The molecule has 2 aliphatic heterocycles. The Morgan fingerprint density at radius 2 is 1.81 bits per heavy atom. The highest BCUT2D eigenvalue weighted by Crippen LogP contribution is 2.36. The van der Waals surface area contributed by atoms with Gasteiger partial charge in [0.1, 0.15) is 12.4 Å². The Balaban J connectivity index is 1.50. The Kier molecular flexibility index (Phi) is 7.28. The predicted molar refractivity (Wildman–Crippen MR) is 128 cm³/mol. The molecule has 3 rings (SSSR count). The maximum absolute atomic E-state index is 12.0. The van der Waals surface area contributed by atoms with Gasteiger partial charge in [0.15, 0.2) is 0 Å². The highest BCUT2D eigenvalue weighted by Gasteiger charge is 2.52. The fourth-order valence-corrected chi connectivity index (χ4v) is 3.90. The van der Waals surface area contributed by atoms with Gasteiger partial charge in [-0.3, -0.25) is 4.79 Å². The number of nitrogens with zero attached hydrogens (tertiary/aromatic N) is 2. The SMILES string of the molecule is Cc1cc(N2CCC(CNC(=O)COC(C)(C)C)CC2)ncc1B1OC(C)(C)C(C)(C)O1. The van der Waals surface area contributed by atoms with E-state index in [0.29, 0.717) is 12.5 Å². The number of aryl methyl sites for hydroxylation is 1. The molecule has 0 aromatic carbocycles. The number of aromatic nitrogens is 1. The molecule has 7 nitrogen and oxygen atoms in total. The highest BCUT2D eigenvalue weighted by molar-refractivity contribution is 6.62. The highest BCUT2D eigenvalue weighted by atomic mass is 16.7. The van der Waals surface area contributed by atoms with Crippen LogP contribution in [0.1, 0.15) is 66.9 Å². The molecule has 2 saturated heterocycles. The molecule has 1 N–H and O–H groups in total. The van der Waals surface area contributed by atoms with Gasteiger partial charge < -0.3 is 24.3 Å². The molecule has 1 aromatic rings. The quantitative estimate of drug-likeness (QED) is 0.679. The lowest BCUT2D eigenvalue weighted by Gasteiger charge is -2.33. The van der Waals surface area contributed by atoms with E-state index in [0.717, 1.165) is 42.8 Å². The molecular formula is C24H40BN3O4. The molecule has 0 unspecified atom stereocenters. The van der Waals surface area contributed by atoms with E-state index < -0.39 is 7.12 Å². The summed E-state index contributed by atoms with van der Waals surface area (Å²) in [5.41, 5.74) is 1.09. The van der Waals surface area contributed by atoms with Crippen molar-refractivity contribution in [2.75, 3.05) is 31.1 Å². The molecule has 2 aliphatic rings. The zero-order chi connectivity index (χ0) is 23.7. The first kappa shape index (κ1) is 25.0. The van der Waals surface area contributed by atoms with E-state index in [9.17, 15) is 4.79 Å². The number of amides is 1. The van der Waals surface area contributed by atoms with Crippen molar-refractivity contribution in [1.29, 1.82) is 0 Å². The van der Waals surface area contributed by atoms with Crippen molar-refractivity contribution in [3.8, 4) is 0 Å². The van der Waals surface area contributed by atoms with Gasteiger partial charge in [0.25, 0.3) is 0 Å². The lowest BCUT2D eigenvalue weighted by atomic mass is 9.77. The van der Waals surface area contributed by atoms with Crippen LogP contribution in [0.3, 0.4) is 0 Å². The standard InChI is InChI=1S/C24H40BN3O4/c1-17-13-20(26-15-19(17)25-31-23(5,6)24(7,8)32-25)28-11-9-18(10-12-28)14-27-21(29)16-30-22(2,3)4/h13,15,18H,9-12,14,16H2,1-8H3,(H,27,29). The number of carbonyl (C=O) groups excluding carboxylic acids is 1. The Morgan fingerprint density at radius 3 is 2.34 bits per heavy atom. The molecule has 1 amide bonds. The molecule has 1 aromatic heterocycles. The number of hydrogen-bond donors (Lipinski definition) is 1. The van der Waals surface area contributed by atoms with E-state index in [1.54, 1.807) is 0 Å². The van der Waals surface area contributed by atoms with Gasteiger partial charge in [0.2, 0.25) is 5.91 Å². The van der Waals surface area contributed by atoms with E-state index in [1.165, 1.54) is 0 Å². The third-order valence-electron chi connectivity index (χ3n) is 6.81. The molecule has 0 aliphatic carbocycles. The topological polar surface area (TPSA) is 72.9 Å². The van der Waals surface area contributed by atoms with Crippen molar-refractivity contribution in [2.45, 2.75) is 85.0 Å². The smallest absolute Gasteiger partial charge is 0.399 e. The maximum atomic E-state index is 12.0. The summed E-state index contributed by atoms with van der Waals surface area (Å²) in [5, 5.41) is 3.01. The largest absolute Gasteiger partial charge is 0.496 e. The van der Waals surface area contributed by atoms with E-state index in [-0.39, 0.29) is 29.3 Å². The molecule has 8 heteroatoms. The van der Waals surface area contributed by atoms with Crippen molar-refractivity contribution in [1.82, 2.24) is 10.3 Å². The first-order chi connectivity index (χ1) is 14.8. The number of hydrogen-bond acceptors (Lipinski definition) is 6. The summed E-state index contributed by atoms with van der Waals surface area (Å²) in [5.74, 6) is 1.43. The van der Waals surface area contributed by atoms with Crippen molar-refractivity contribution in [3.63, 3.8) is 0 Å². The molecule has 2 fully saturated rings. The molecule has 3 heterocycles. The number of pyridine rings is 1. The van der Waals surface area contributed by atoms with Gasteiger partial charge in [-0.05, 0) is 85.8 Å². The van der Waals surface area contributed by atoms with Gasteiger partial charge in [-0.2, -0.15) is 0 Å². The fourth-order valence-electron chi connectivity index (χ4n) is 3.90. The lowest BCUT2D eigenvalue weighted by Crippen LogP contribution is -2.41. The monoisotopic (exact) mass is 445 g/mol.